The van der Waals surface area contributed by atoms with Gasteiger partial charge in [-0.05, 0) is 86.0 Å². The highest BCUT2D eigenvalue weighted by Crippen LogP contribution is 2.23. The number of carbonyl (C=O) groups is 1. The van der Waals surface area contributed by atoms with Gasteiger partial charge >= 0.3 is 0 Å². The number of nitrogens with zero attached hydrogens (tertiary/aromatic N) is 1. The average molecular weight is 441 g/mol. The van der Waals surface area contributed by atoms with Gasteiger partial charge in [-0.15, -0.1) is 0 Å². The number of piperidine rings is 1. The van der Waals surface area contributed by atoms with E-state index in [-0.39, 0.29) is 11.9 Å². The maximum atomic E-state index is 12.7. The molecule has 1 aliphatic heterocycles. The number of likely N-dealkylation sites (tertiary alicyclic amines) is 1. The van der Waals surface area contributed by atoms with Crippen LogP contribution in [0.1, 0.15) is 65.3 Å². The molecule has 172 valence electrons. The van der Waals surface area contributed by atoms with Crippen LogP contribution in [-0.2, 0) is 19.4 Å². The van der Waals surface area contributed by atoms with Crippen LogP contribution in [0.3, 0.4) is 0 Å². The Bertz CT molecular complexity index is 1000. The van der Waals surface area contributed by atoms with E-state index >= 15 is 0 Å². The van der Waals surface area contributed by atoms with E-state index in [0.717, 1.165) is 43.1 Å². The lowest BCUT2D eigenvalue weighted by molar-refractivity contribution is 0.0940. The van der Waals surface area contributed by atoms with Crippen molar-refractivity contribution in [1.82, 2.24) is 10.2 Å². The van der Waals surface area contributed by atoms with Gasteiger partial charge in [-0.25, -0.2) is 0 Å². The fourth-order valence-electron chi connectivity index (χ4n) is 4.72. The smallest absolute Gasteiger partial charge is 0.251 e. The molecule has 1 unspecified atom stereocenters. The number of aryl methyl sites for hydroxylation is 1. The Balaban J connectivity index is 1.24. The summed E-state index contributed by atoms with van der Waals surface area (Å²) in [6.45, 7) is 7.44. The van der Waals surface area contributed by atoms with Gasteiger partial charge in [0.05, 0.1) is 6.04 Å². The first kappa shape index (κ1) is 23.3. The van der Waals surface area contributed by atoms with Crippen molar-refractivity contribution in [2.75, 3.05) is 13.1 Å². The maximum absolute atomic E-state index is 12.7. The monoisotopic (exact) mass is 440 g/mol. The minimum Gasteiger partial charge on any atom is -0.346 e. The maximum Gasteiger partial charge on any atom is 0.251 e. The van der Waals surface area contributed by atoms with Crippen LogP contribution >= 0.6 is 0 Å². The lowest BCUT2D eigenvalue weighted by atomic mass is 9.90. The van der Waals surface area contributed by atoms with Gasteiger partial charge in [0, 0.05) is 12.1 Å². The van der Waals surface area contributed by atoms with Gasteiger partial charge in [0.25, 0.3) is 5.91 Å². The van der Waals surface area contributed by atoms with Crippen molar-refractivity contribution in [3.8, 4) is 0 Å². The van der Waals surface area contributed by atoms with Gasteiger partial charge in [-0.2, -0.15) is 0 Å². The summed E-state index contributed by atoms with van der Waals surface area (Å²) in [5.41, 5.74) is 5.90. The molecule has 0 aromatic heterocycles. The molecule has 1 fully saturated rings. The number of nitrogens with one attached hydrogen (secondary N) is 1. The Labute approximate surface area is 198 Å². The number of hydrogen-bond acceptors (Lipinski definition) is 2. The molecule has 1 N–H and O–H groups in total. The van der Waals surface area contributed by atoms with Crippen LogP contribution in [-0.4, -0.2) is 23.9 Å². The number of carbonyl (C=O) groups excluding carboxylic acids is 1. The lowest BCUT2D eigenvalue weighted by Crippen LogP contribution is -2.33. The van der Waals surface area contributed by atoms with Crippen molar-refractivity contribution in [1.29, 1.82) is 0 Å². The van der Waals surface area contributed by atoms with Crippen LogP contribution in [0.5, 0.6) is 0 Å². The van der Waals surface area contributed by atoms with Gasteiger partial charge in [-0.3, -0.25) is 9.69 Å². The zero-order chi connectivity index (χ0) is 23.0. The van der Waals surface area contributed by atoms with E-state index in [9.17, 15) is 4.79 Å². The number of hydrogen-bond donors (Lipinski definition) is 1. The third-order valence-electron chi connectivity index (χ3n) is 6.93. The van der Waals surface area contributed by atoms with Gasteiger partial charge < -0.3 is 5.32 Å². The van der Waals surface area contributed by atoms with Gasteiger partial charge in [0.15, 0.2) is 0 Å². The van der Waals surface area contributed by atoms with Gasteiger partial charge in [0.1, 0.15) is 0 Å². The average Bonchev–Trinajstić information content (AvgIpc) is 2.86. The second-order valence-corrected chi connectivity index (χ2v) is 9.40. The minimum absolute atomic E-state index is 0.0136. The summed E-state index contributed by atoms with van der Waals surface area (Å²) in [5.74, 6) is 0.769. The van der Waals surface area contributed by atoms with E-state index in [2.05, 4.69) is 83.9 Å². The fraction of sp³-hybridized carbons (Fsp3) is 0.367. The topological polar surface area (TPSA) is 32.3 Å². The summed E-state index contributed by atoms with van der Waals surface area (Å²) < 4.78 is 0. The highest BCUT2D eigenvalue weighted by molar-refractivity contribution is 5.94. The first-order chi connectivity index (χ1) is 16.1. The van der Waals surface area contributed by atoms with Crippen molar-refractivity contribution >= 4 is 5.91 Å². The molecular weight excluding hydrogens is 404 g/mol. The van der Waals surface area contributed by atoms with Crippen molar-refractivity contribution in [2.45, 2.75) is 52.1 Å². The zero-order valence-corrected chi connectivity index (χ0v) is 20.0. The molecule has 0 aliphatic carbocycles. The van der Waals surface area contributed by atoms with Crippen molar-refractivity contribution in [2.24, 2.45) is 5.92 Å². The molecule has 0 saturated carbocycles. The van der Waals surface area contributed by atoms with Crippen LogP contribution < -0.4 is 5.32 Å². The molecule has 33 heavy (non-hydrogen) atoms. The molecule has 0 spiro atoms. The van der Waals surface area contributed by atoms with Crippen LogP contribution in [0.25, 0.3) is 0 Å². The van der Waals surface area contributed by atoms with E-state index in [0.29, 0.717) is 0 Å². The molecule has 0 bridgehead atoms. The van der Waals surface area contributed by atoms with E-state index in [1.807, 2.05) is 19.1 Å². The first-order valence-corrected chi connectivity index (χ1v) is 12.4. The zero-order valence-electron chi connectivity index (χ0n) is 20.0. The van der Waals surface area contributed by atoms with E-state index in [4.69, 9.17) is 0 Å². The molecular formula is C30H36N2O. The minimum atomic E-state index is -0.0182. The number of amides is 1. The highest BCUT2D eigenvalue weighted by atomic mass is 16.1. The quantitative estimate of drug-likeness (QED) is 0.453. The fourth-order valence-corrected chi connectivity index (χ4v) is 4.72. The Morgan fingerprint density at radius 3 is 2.15 bits per heavy atom. The van der Waals surface area contributed by atoms with Crippen LogP contribution in [0.2, 0.25) is 0 Å². The van der Waals surface area contributed by atoms with Crippen LogP contribution in [0, 0.1) is 5.92 Å². The Morgan fingerprint density at radius 1 is 0.879 bits per heavy atom. The van der Waals surface area contributed by atoms with Crippen LogP contribution in [0.4, 0.5) is 0 Å². The summed E-state index contributed by atoms with van der Waals surface area (Å²) in [5, 5.41) is 3.13. The number of benzene rings is 3. The summed E-state index contributed by atoms with van der Waals surface area (Å²) in [6.07, 6.45) is 4.73. The molecule has 3 heteroatoms. The Kier molecular flexibility index (Phi) is 7.96. The normalized spacial score (nSPS) is 15.8. The predicted molar refractivity (Wildman–Crippen MR) is 136 cm³/mol. The summed E-state index contributed by atoms with van der Waals surface area (Å²) in [7, 11) is 0. The third-order valence-corrected chi connectivity index (χ3v) is 6.93. The largest absolute Gasteiger partial charge is 0.346 e. The van der Waals surface area contributed by atoms with E-state index < -0.39 is 0 Å². The van der Waals surface area contributed by atoms with E-state index in [1.165, 1.54) is 36.0 Å². The molecule has 1 aliphatic rings. The van der Waals surface area contributed by atoms with Crippen molar-refractivity contribution < 1.29 is 4.79 Å². The third kappa shape index (κ3) is 6.55. The highest BCUT2D eigenvalue weighted by Gasteiger charge is 2.19. The Morgan fingerprint density at radius 2 is 1.52 bits per heavy atom. The predicted octanol–water partition coefficient (Wildman–Crippen LogP) is 6.19. The molecule has 3 aromatic rings. The molecule has 4 rings (SSSR count). The SMILES string of the molecule is CCc1ccc(C(C)NC(=O)c2ccc(CN3CCC(Cc4ccccc4)CC3)cc2)cc1. The van der Waals surface area contributed by atoms with Crippen LogP contribution in [0.15, 0.2) is 78.9 Å². The molecule has 1 heterocycles. The lowest BCUT2D eigenvalue weighted by Gasteiger charge is -2.32. The molecule has 1 atom stereocenters. The summed E-state index contributed by atoms with van der Waals surface area (Å²) >= 11 is 0. The Hall–Kier alpha value is -2.91. The van der Waals surface area contributed by atoms with Gasteiger partial charge in [-0.1, -0.05) is 73.7 Å². The molecule has 0 radical (unpaired) electrons. The molecule has 3 aromatic carbocycles. The second-order valence-electron chi connectivity index (χ2n) is 9.40. The molecule has 3 nitrogen and oxygen atoms in total. The standard InChI is InChI=1S/C30H36N2O/c1-3-24-9-13-28(14-10-24)23(2)31-30(33)29-15-11-27(12-16-29)22-32-19-17-26(18-20-32)21-25-7-5-4-6-8-25/h4-16,23,26H,3,17-22H2,1-2H3,(H,31,33). The van der Waals surface area contributed by atoms with Crippen molar-refractivity contribution in [3.63, 3.8) is 0 Å². The second kappa shape index (κ2) is 11.3. The first-order valence-electron chi connectivity index (χ1n) is 12.4. The molecule has 1 saturated heterocycles. The van der Waals surface area contributed by atoms with Crippen molar-refractivity contribution in [3.05, 3.63) is 107 Å². The summed E-state index contributed by atoms with van der Waals surface area (Å²) in [4.78, 5) is 15.3. The van der Waals surface area contributed by atoms with E-state index in [1.54, 1.807) is 0 Å². The molecule has 1 amide bonds. The number of rotatable bonds is 8. The summed E-state index contributed by atoms with van der Waals surface area (Å²) in [6, 6.07) is 27.4. The van der Waals surface area contributed by atoms with Gasteiger partial charge in [0.2, 0.25) is 0 Å².